The van der Waals surface area contributed by atoms with E-state index >= 15 is 0 Å². The number of nitro groups is 1. The first-order chi connectivity index (χ1) is 16.8. The van der Waals surface area contributed by atoms with E-state index < -0.39 is 45.7 Å². The van der Waals surface area contributed by atoms with Gasteiger partial charge < -0.3 is 14.4 Å². The maximum absolute atomic E-state index is 14.8. The molecule has 0 aliphatic carbocycles. The quantitative estimate of drug-likeness (QED) is 0.342. The second-order valence-corrected chi connectivity index (χ2v) is 8.80. The summed E-state index contributed by atoms with van der Waals surface area (Å²) >= 11 is 0. The normalized spacial score (nSPS) is 11.0. The summed E-state index contributed by atoms with van der Waals surface area (Å²) in [7, 11) is 1.45. The molecule has 0 bridgehead atoms. The van der Waals surface area contributed by atoms with E-state index in [0.29, 0.717) is 12.1 Å². The first kappa shape index (κ1) is 28.3. The molecule has 0 spiro atoms. The fourth-order valence-corrected chi connectivity index (χ4v) is 3.14. The van der Waals surface area contributed by atoms with E-state index in [1.54, 1.807) is 45.0 Å². The van der Waals surface area contributed by atoms with E-state index in [2.05, 4.69) is 0 Å². The van der Waals surface area contributed by atoms with Gasteiger partial charge in [0.05, 0.1) is 23.6 Å². The van der Waals surface area contributed by atoms with Crippen molar-refractivity contribution < 1.29 is 32.8 Å². The Labute approximate surface area is 208 Å². The average Bonchev–Trinajstić information content (AvgIpc) is 2.80. The summed E-state index contributed by atoms with van der Waals surface area (Å²) in [4.78, 5) is 36.7. The molecule has 2 rings (SSSR count). The van der Waals surface area contributed by atoms with Crippen LogP contribution < -0.4 is 5.01 Å². The third kappa shape index (κ3) is 7.79. The average molecular weight is 509 g/mol. The van der Waals surface area contributed by atoms with Crippen LogP contribution >= 0.6 is 0 Å². The smallest absolute Gasteiger partial charge is 0.429 e. The molecular formula is C24H30F2N4O6. The van der Waals surface area contributed by atoms with Gasteiger partial charge in [-0.05, 0) is 33.3 Å². The molecule has 0 saturated heterocycles. The second-order valence-electron chi connectivity index (χ2n) is 8.80. The zero-order chi connectivity index (χ0) is 27.0. The maximum Gasteiger partial charge on any atom is 0.429 e. The van der Waals surface area contributed by atoms with Crippen molar-refractivity contribution in [3.63, 3.8) is 0 Å². The Morgan fingerprint density at radius 2 is 1.61 bits per heavy atom. The lowest BCUT2D eigenvalue weighted by Crippen LogP contribution is -2.52. The number of anilines is 1. The fraction of sp³-hybridized carbons (Fsp3) is 0.417. The molecule has 0 aliphatic heterocycles. The predicted octanol–water partition coefficient (Wildman–Crippen LogP) is 5.12. The molecule has 0 aromatic heterocycles. The van der Waals surface area contributed by atoms with Crippen molar-refractivity contribution in [1.29, 1.82) is 0 Å². The fourth-order valence-electron chi connectivity index (χ4n) is 3.14. The molecular weight excluding hydrogens is 478 g/mol. The Bertz CT molecular complexity index is 1060. The van der Waals surface area contributed by atoms with Crippen LogP contribution in [0.5, 0.6) is 0 Å². The number of amides is 2. The van der Waals surface area contributed by atoms with Crippen LogP contribution in [0.1, 0.15) is 33.3 Å². The largest absolute Gasteiger partial charge is 0.445 e. The summed E-state index contributed by atoms with van der Waals surface area (Å²) in [5, 5.41) is 12.9. The molecule has 0 unspecified atom stereocenters. The van der Waals surface area contributed by atoms with Gasteiger partial charge >= 0.3 is 12.2 Å². The highest BCUT2D eigenvalue weighted by Gasteiger charge is 2.31. The van der Waals surface area contributed by atoms with Gasteiger partial charge in [0.15, 0.2) is 11.6 Å². The first-order valence-corrected chi connectivity index (χ1v) is 11.2. The number of hydrogen-bond acceptors (Lipinski definition) is 7. The molecule has 12 heteroatoms. The van der Waals surface area contributed by atoms with Crippen LogP contribution in [0, 0.1) is 21.7 Å². The lowest BCUT2D eigenvalue weighted by atomic mass is 10.2. The molecule has 0 heterocycles. The number of ether oxygens (including phenoxy) is 2. The summed E-state index contributed by atoms with van der Waals surface area (Å²) in [6.07, 6.45) is -1.59. The van der Waals surface area contributed by atoms with Gasteiger partial charge in [-0.2, -0.15) is 0 Å². The van der Waals surface area contributed by atoms with Gasteiger partial charge in [-0.1, -0.05) is 30.3 Å². The van der Waals surface area contributed by atoms with E-state index in [1.807, 2.05) is 6.07 Å². The van der Waals surface area contributed by atoms with Crippen molar-refractivity contribution in [2.45, 2.75) is 39.9 Å². The van der Waals surface area contributed by atoms with Gasteiger partial charge in [-0.25, -0.2) is 23.4 Å². The predicted molar refractivity (Wildman–Crippen MR) is 128 cm³/mol. The number of rotatable bonds is 9. The van der Waals surface area contributed by atoms with Crippen molar-refractivity contribution in [2.75, 3.05) is 31.7 Å². The van der Waals surface area contributed by atoms with Crippen molar-refractivity contribution in [2.24, 2.45) is 0 Å². The lowest BCUT2D eigenvalue weighted by molar-refractivity contribution is -0.385. The zero-order valence-corrected chi connectivity index (χ0v) is 20.9. The minimum Gasteiger partial charge on any atom is -0.445 e. The molecule has 0 aliphatic rings. The minimum absolute atomic E-state index is 0.0418. The number of carbonyl (C=O) groups is 2. The minimum atomic E-state index is -1.23. The van der Waals surface area contributed by atoms with Crippen LogP contribution in [0.15, 0.2) is 42.5 Å². The van der Waals surface area contributed by atoms with Crippen LogP contribution in [-0.4, -0.2) is 59.3 Å². The van der Waals surface area contributed by atoms with Crippen molar-refractivity contribution >= 4 is 23.6 Å². The molecule has 36 heavy (non-hydrogen) atoms. The second kappa shape index (κ2) is 12.1. The number of hydrazine groups is 1. The van der Waals surface area contributed by atoms with E-state index in [0.717, 1.165) is 15.6 Å². The Hall–Kier alpha value is -3.96. The number of non-ortho nitro benzene ring substituents is 1. The topological polar surface area (TPSA) is 105 Å². The summed E-state index contributed by atoms with van der Waals surface area (Å²) in [6.45, 7) is 6.08. The molecule has 2 aromatic carbocycles. The van der Waals surface area contributed by atoms with E-state index in [1.165, 1.54) is 18.9 Å². The highest BCUT2D eigenvalue weighted by molar-refractivity contribution is 5.72. The zero-order valence-electron chi connectivity index (χ0n) is 20.9. The van der Waals surface area contributed by atoms with Crippen LogP contribution in [0.4, 0.5) is 29.7 Å². The van der Waals surface area contributed by atoms with Gasteiger partial charge in [0.1, 0.15) is 17.9 Å². The molecule has 2 amide bonds. The third-order valence-electron chi connectivity index (χ3n) is 4.83. The Morgan fingerprint density at radius 3 is 2.11 bits per heavy atom. The molecule has 0 atom stereocenters. The number of halogens is 2. The highest BCUT2D eigenvalue weighted by Crippen LogP contribution is 2.30. The molecule has 2 aromatic rings. The Kier molecular flexibility index (Phi) is 9.53. The Morgan fingerprint density at radius 1 is 1.03 bits per heavy atom. The number of nitro benzene ring substituents is 1. The van der Waals surface area contributed by atoms with Gasteiger partial charge in [0.25, 0.3) is 5.69 Å². The van der Waals surface area contributed by atoms with Gasteiger partial charge in [-0.15, -0.1) is 0 Å². The molecule has 10 nitrogen and oxygen atoms in total. The van der Waals surface area contributed by atoms with Gasteiger partial charge in [0.2, 0.25) is 0 Å². The van der Waals surface area contributed by atoms with E-state index in [4.69, 9.17) is 9.47 Å². The summed E-state index contributed by atoms with van der Waals surface area (Å²) in [5.74, 6) is -2.46. The molecule has 0 fully saturated rings. The monoisotopic (exact) mass is 508 g/mol. The van der Waals surface area contributed by atoms with Crippen LogP contribution in [0.25, 0.3) is 0 Å². The number of likely N-dealkylation sites (N-methyl/N-ethyl adjacent to an activating group) is 1. The molecule has 0 N–H and O–H groups in total. The van der Waals surface area contributed by atoms with Crippen LogP contribution in [0.2, 0.25) is 0 Å². The lowest BCUT2D eigenvalue weighted by Gasteiger charge is -2.37. The summed E-state index contributed by atoms with van der Waals surface area (Å²) in [6, 6.07) is 10.2. The highest BCUT2D eigenvalue weighted by atomic mass is 19.1. The van der Waals surface area contributed by atoms with Gasteiger partial charge in [0, 0.05) is 20.1 Å². The number of nitrogens with zero attached hydrogens (tertiary/aromatic N) is 4. The standard InChI is InChI=1S/C24H30F2N4O6/c1-6-28(21-19(25)14-18(30(33)34)15-20(21)26)29(23(32)36-24(2,3)4)13-12-27(5)22(31)35-16-17-10-8-7-9-11-17/h7-11,14-15H,6,12-13,16H2,1-5H3. The van der Waals surface area contributed by atoms with Crippen molar-refractivity contribution in [1.82, 2.24) is 9.91 Å². The van der Waals surface area contributed by atoms with Crippen molar-refractivity contribution in [3.05, 3.63) is 69.8 Å². The Balaban J connectivity index is 2.25. The van der Waals surface area contributed by atoms with Crippen LogP contribution in [0.3, 0.4) is 0 Å². The van der Waals surface area contributed by atoms with Crippen LogP contribution in [-0.2, 0) is 16.1 Å². The third-order valence-corrected chi connectivity index (χ3v) is 4.83. The summed E-state index contributed by atoms with van der Waals surface area (Å²) < 4.78 is 40.3. The maximum atomic E-state index is 14.8. The first-order valence-electron chi connectivity index (χ1n) is 11.2. The SMILES string of the molecule is CCN(c1c(F)cc([N+](=O)[O-])cc1F)N(CCN(C)C(=O)OCc1ccccc1)C(=O)OC(C)(C)C. The van der Waals surface area contributed by atoms with Crippen molar-refractivity contribution in [3.8, 4) is 0 Å². The number of carbonyl (C=O) groups excluding carboxylic acids is 2. The number of benzene rings is 2. The van der Waals surface area contributed by atoms with E-state index in [9.17, 15) is 28.5 Å². The summed E-state index contributed by atoms with van der Waals surface area (Å²) in [5.41, 5.74) is -1.57. The number of hydrogen-bond donors (Lipinski definition) is 0. The van der Waals surface area contributed by atoms with E-state index in [-0.39, 0.29) is 26.2 Å². The molecule has 0 saturated carbocycles. The molecule has 196 valence electrons. The molecule has 0 radical (unpaired) electrons. The van der Waals surface area contributed by atoms with Gasteiger partial charge in [-0.3, -0.25) is 15.1 Å².